The highest BCUT2D eigenvalue weighted by atomic mass is 32.1. The smallest absolute Gasteiger partial charge is 0.0907 e. The van der Waals surface area contributed by atoms with Crippen molar-refractivity contribution in [2.24, 2.45) is 0 Å². The van der Waals surface area contributed by atoms with Gasteiger partial charge in [0, 0.05) is 4.90 Å². The second-order valence-corrected chi connectivity index (χ2v) is 5.64. The van der Waals surface area contributed by atoms with Gasteiger partial charge in [0.25, 0.3) is 0 Å². The molecule has 0 amide bonds. The normalized spacial score (nSPS) is 16.4. The van der Waals surface area contributed by atoms with Gasteiger partial charge in [-0.05, 0) is 43.4 Å². The fourth-order valence-electron chi connectivity index (χ4n) is 1.86. The molecular formula is C11H11NS2. The number of rotatable bonds is 1. The Bertz CT molecular complexity index is 497. The van der Waals surface area contributed by atoms with Crippen molar-refractivity contribution in [3.8, 4) is 0 Å². The number of nitrogens with zero attached hydrogens (tertiary/aromatic N) is 1. The van der Waals surface area contributed by atoms with Crippen molar-refractivity contribution >= 4 is 34.2 Å². The van der Waals surface area contributed by atoms with Crippen LogP contribution in [-0.2, 0) is 0 Å². The molecule has 0 radical (unpaired) electrons. The average Bonchev–Trinajstić information content (AvgIpc) is 2.87. The van der Waals surface area contributed by atoms with Crippen LogP contribution in [0.25, 0.3) is 10.2 Å². The third-order valence-corrected chi connectivity index (χ3v) is 3.81. The first-order valence-corrected chi connectivity index (χ1v) is 6.10. The zero-order valence-electron chi connectivity index (χ0n) is 7.95. The lowest BCUT2D eigenvalue weighted by Crippen LogP contribution is -1.83. The summed E-state index contributed by atoms with van der Waals surface area (Å²) < 4.78 is 1.29. The number of fused-ring (bicyclic) bond motifs is 1. The highest BCUT2D eigenvalue weighted by Crippen LogP contribution is 2.44. The molecule has 14 heavy (non-hydrogen) atoms. The molecule has 1 aromatic heterocycles. The van der Waals surface area contributed by atoms with E-state index in [4.69, 9.17) is 0 Å². The van der Waals surface area contributed by atoms with Gasteiger partial charge in [-0.2, -0.15) is 0 Å². The second-order valence-electron chi connectivity index (χ2n) is 3.89. The van der Waals surface area contributed by atoms with Gasteiger partial charge in [0.1, 0.15) is 0 Å². The molecule has 1 nitrogen and oxygen atoms in total. The van der Waals surface area contributed by atoms with Gasteiger partial charge in [-0.15, -0.1) is 24.0 Å². The fraction of sp³-hybridized carbons (Fsp3) is 0.364. The van der Waals surface area contributed by atoms with Crippen molar-refractivity contribution < 1.29 is 0 Å². The standard InChI is InChI=1S/C11H11NS2/c1-6-12-11-9(7-2-3-7)4-8(13)5-10(11)14-6/h4-5,7,13H,2-3H2,1H3. The molecule has 1 heterocycles. The number of aromatic nitrogens is 1. The zero-order chi connectivity index (χ0) is 9.71. The Labute approximate surface area is 92.6 Å². The number of thiol groups is 1. The largest absolute Gasteiger partial charge is 0.241 e. The highest BCUT2D eigenvalue weighted by molar-refractivity contribution is 7.80. The quantitative estimate of drug-likeness (QED) is 0.723. The second kappa shape index (κ2) is 2.97. The Morgan fingerprint density at radius 2 is 2.21 bits per heavy atom. The molecule has 1 aliphatic rings. The van der Waals surface area contributed by atoms with Gasteiger partial charge in [0.15, 0.2) is 0 Å². The maximum atomic E-state index is 4.60. The van der Waals surface area contributed by atoms with Crippen molar-refractivity contribution in [3.63, 3.8) is 0 Å². The van der Waals surface area contributed by atoms with Crippen LogP contribution in [-0.4, -0.2) is 4.98 Å². The van der Waals surface area contributed by atoms with E-state index >= 15 is 0 Å². The summed E-state index contributed by atoms with van der Waals surface area (Å²) >= 11 is 6.21. The molecule has 0 unspecified atom stereocenters. The fourth-order valence-corrected chi connectivity index (χ4v) is 3.11. The molecule has 0 aliphatic heterocycles. The first kappa shape index (κ1) is 8.74. The third-order valence-electron chi connectivity index (χ3n) is 2.63. The predicted molar refractivity (Wildman–Crippen MR) is 63.6 cm³/mol. The number of hydrogen-bond acceptors (Lipinski definition) is 3. The summed E-state index contributed by atoms with van der Waals surface area (Å²) in [6.07, 6.45) is 2.64. The lowest BCUT2D eigenvalue weighted by molar-refractivity contribution is 1.12. The van der Waals surface area contributed by atoms with E-state index in [1.165, 1.54) is 28.6 Å². The molecule has 0 bridgehead atoms. The van der Waals surface area contributed by atoms with Crippen LogP contribution in [0.1, 0.15) is 29.3 Å². The first-order chi connectivity index (χ1) is 6.74. The van der Waals surface area contributed by atoms with E-state index in [9.17, 15) is 0 Å². The molecule has 1 saturated carbocycles. The Kier molecular flexibility index (Phi) is 1.86. The topological polar surface area (TPSA) is 12.9 Å². The first-order valence-electron chi connectivity index (χ1n) is 4.84. The molecule has 2 aromatic rings. The number of aryl methyl sites for hydroxylation is 1. The number of hydrogen-bond donors (Lipinski definition) is 1. The molecular weight excluding hydrogens is 210 g/mol. The average molecular weight is 221 g/mol. The van der Waals surface area contributed by atoms with E-state index in [2.05, 4.69) is 36.7 Å². The summed E-state index contributed by atoms with van der Waals surface area (Å²) in [5.41, 5.74) is 2.63. The van der Waals surface area contributed by atoms with E-state index in [1.807, 2.05) is 0 Å². The van der Waals surface area contributed by atoms with Crippen LogP contribution in [0.4, 0.5) is 0 Å². The van der Waals surface area contributed by atoms with Crippen LogP contribution in [0.5, 0.6) is 0 Å². The van der Waals surface area contributed by atoms with Crippen LogP contribution >= 0.6 is 24.0 Å². The SMILES string of the molecule is Cc1nc2c(C3CC3)cc(S)cc2s1. The van der Waals surface area contributed by atoms with E-state index in [0.29, 0.717) is 0 Å². The minimum Gasteiger partial charge on any atom is -0.241 e. The maximum absolute atomic E-state index is 4.60. The summed E-state index contributed by atoms with van der Waals surface area (Å²) in [6, 6.07) is 4.30. The van der Waals surface area contributed by atoms with Crippen LogP contribution < -0.4 is 0 Å². The van der Waals surface area contributed by atoms with Crippen molar-refractivity contribution in [2.45, 2.75) is 30.6 Å². The monoisotopic (exact) mass is 221 g/mol. The number of benzene rings is 1. The predicted octanol–water partition coefficient (Wildman–Crippen LogP) is 3.77. The molecule has 1 aromatic carbocycles. The molecule has 0 N–H and O–H groups in total. The van der Waals surface area contributed by atoms with Crippen molar-refractivity contribution in [3.05, 3.63) is 22.7 Å². The Morgan fingerprint density at radius 3 is 2.93 bits per heavy atom. The van der Waals surface area contributed by atoms with E-state index in [1.54, 1.807) is 11.3 Å². The number of thiazole rings is 1. The summed E-state index contributed by atoms with van der Waals surface area (Å²) in [4.78, 5) is 5.67. The van der Waals surface area contributed by atoms with Gasteiger partial charge in [-0.1, -0.05) is 0 Å². The Balaban J connectivity index is 2.33. The summed E-state index contributed by atoms with van der Waals surface area (Å²) in [5.74, 6) is 0.756. The molecule has 0 atom stereocenters. The highest BCUT2D eigenvalue weighted by Gasteiger charge is 2.26. The van der Waals surface area contributed by atoms with Crippen LogP contribution in [0.15, 0.2) is 17.0 Å². The van der Waals surface area contributed by atoms with Crippen molar-refractivity contribution in [2.75, 3.05) is 0 Å². The summed E-state index contributed by atoms with van der Waals surface area (Å²) in [6.45, 7) is 2.07. The molecule has 1 aliphatic carbocycles. The van der Waals surface area contributed by atoms with Gasteiger partial charge < -0.3 is 0 Å². The minimum absolute atomic E-state index is 0.756. The van der Waals surface area contributed by atoms with Gasteiger partial charge >= 0.3 is 0 Å². The van der Waals surface area contributed by atoms with Gasteiger partial charge in [0.05, 0.1) is 15.2 Å². The van der Waals surface area contributed by atoms with Gasteiger partial charge in [-0.3, -0.25) is 0 Å². The van der Waals surface area contributed by atoms with Crippen LogP contribution in [0, 0.1) is 6.92 Å². The van der Waals surface area contributed by atoms with Gasteiger partial charge in [0.2, 0.25) is 0 Å². The van der Waals surface area contributed by atoms with E-state index in [0.717, 1.165) is 15.8 Å². The van der Waals surface area contributed by atoms with E-state index < -0.39 is 0 Å². The van der Waals surface area contributed by atoms with E-state index in [-0.39, 0.29) is 0 Å². The van der Waals surface area contributed by atoms with Crippen molar-refractivity contribution in [1.82, 2.24) is 4.98 Å². The molecule has 3 rings (SSSR count). The van der Waals surface area contributed by atoms with Crippen LogP contribution in [0.2, 0.25) is 0 Å². The third kappa shape index (κ3) is 1.35. The lowest BCUT2D eigenvalue weighted by atomic mass is 10.1. The lowest BCUT2D eigenvalue weighted by Gasteiger charge is -2.00. The molecule has 0 saturated heterocycles. The summed E-state index contributed by atoms with van der Waals surface area (Å²) in [5, 5.41) is 1.15. The molecule has 0 spiro atoms. The maximum Gasteiger partial charge on any atom is 0.0907 e. The van der Waals surface area contributed by atoms with Gasteiger partial charge in [-0.25, -0.2) is 4.98 Å². The minimum atomic E-state index is 0.756. The molecule has 1 fully saturated rings. The molecule has 72 valence electrons. The zero-order valence-corrected chi connectivity index (χ0v) is 9.66. The van der Waals surface area contributed by atoms with Crippen molar-refractivity contribution in [1.29, 1.82) is 0 Å². The Morgan fingerprint density at radius 1 is 1.43 bits per heavy atom. The Hall–Kier alpha value is -0.540. The summed E-state index contributed by atoms with van der Waals surface area (Å²) in [7, 11) is 0. The van der Waals surface area contributed by atoms with Crippen LogP contribution in [0.3, 0.4) is 0 Å². The molecule has 3 heteroatoms.